The fourth-order valence-electron chi connectivity index (χ4n) is 1.56. The molecule has 6 heteroatoms. The van der Waals surface area contributed by atoms with Crippen molar-refractivity contribution in [2.75, 3.05) is 5.32 Å². The molecule has 0 saturated heterocycles. The molecule has 0 aliphatic rings. The van der Waals surface area contributed by atoms with Gasteiger partial charge in [0.05, 0.1) is 11.4 Å². The molecule has 2 N–H and O–H groups in total. The van der Waals surface area contributed by atoms with Crippen LogP contribution in [0.1, 0.15) is 41.5 Å². The van der Waals surface area contributed by atoms with Crippen molar-refractivity contribution in [1.29, 1.82) is 0 Å². The van der Waals surface area contributed by atoms with Gasteiger partial charge >= 0.3 is 5.97 Å². The summed E-state index contributed by atoms with van der Waals surface area (Å²) < 4.78 is 0. The highest BCUT2D eigenvalue weighted by atomic mass is 32.1. The topological polar surface area (TPSA) is 75.1 Å². The van der Waals surface area contributed by atoms with Crippen LogP contribution in [0.15, 0.2) is 17.6 Å². The third-order valence-corrected chi connectivity index (χ3v) is 3.40. The zero-order valence-corrected chi connectivity index (χ0v) is 11.8. The van der Waals surface area contributed by atoms with Crippen LogP contribution in [0.25, 0.3) is 0 Å². The van der Waals surface area contributed by atoms with Crippen molar-refractivity contribution >= 4 is 28.1 Å². The average molecular weight is 277 g/mol. The Morgan fingerprint density at radius 3 is 2.79 bits per heavy atom. The Bertz CT molecular complexity index is 608. The van der Waals surface area contributed by atoms with E-state index in [0.29, 0.717) is 16.7 Å². The summed E-state index contributed by atoms with van der Waals surface area (Å²) in [4.78, 5) is 19.6. The molecule has 0 bridgehead atoms. The number of carboxylic acids is 1. The number of anilines is 2. The molecule has 19 heavy (non-hydrogen) atoms. The van der Waals surface area contributed by atoms with Crippen LogP contribution in [0.5, 0.6) is 0 Å². The molecular formula is C13H15N3O2S. The number of carboxylic acid groups (broad SMARTS) is 1. The lowest BCUT2D eigenvalue weighted by molar-refractivity contribution is 0.0697. The molecule has 2 aromatic heterocycles. The minimum Gasteiger partial charge on any atom is -0.478 e. The van der Waals surface area contributed by atoms with Gasteiger partial charge in [-0.1, -0.05) is 13.8 Å². The van der Waals surface area contributed by atoms with Gasteiger partial charge in [-0.3, -0.25) is 4.98 Å². The van der Waals surface area contributed by atoms with Gasteiger partial charge in [0.15, 0.2) is 5.13 Å². The van der Waals surface area contributed by atoms with E-state index in [9.17, 15) is 4.79 Å². The molecular weight excluding hydrogens is 262 g/mol. The van der Waals surface area contributed by atoms with Crippen LogP contribution in [0.2, 0.25) is 0 Å². The summed E-state index contributed by atoms with van der Waals surface area (Å²) in [6.45, 7) is 5.95. The second kappa shape index (κ2) is 5.36. The van der Waals surface area contributed by atoms with Crippen molar-refractivity contribution in [3.63, 3.8) is 0 Å². The van der Waals surface area contributed by atoms with Crippen LogP contribution in [0.3, 0.4) is 0 Å². The number of aromatic nitrogens is 2. The van der Waals surface area contributed by atoms with E-state index in [-0.39, 0.29) is 5.56 Å². The normalized spacial score (nSPS) is 10.7. The fourth-order valence-corrected chi connectivity index (χ4v) is 2.44. The molecule has 0 aromatic carbocycles. The monoisotopic (exact) mass is 277 g/mol. The Morgan fingerprint density at radius 1 is 1.47 bits per heavy atom. The van der Waals surface area contributed by atoms with Crippen LogP contribution >= 0.6 is 11.3 Å². The SMILES string of the molecule is Cc1cc(Nc2nc(C(C)C)cs2)c(C(=O)O)cn1. The maximum atomic E-state index is 11.1. The van der Waals surface area contributed by atoms with Gasteiger partial charge in [-0.15, -0.1) is 11.3 Å². The van der Waals surface area contributed by atoms with Gasteiger partial charge in [0.1, 0.15) is 5.56 Å². The lowest BCUT2D eigenvalue weighted by atomic mass is 10.2. The number of nitrogens with one attached hydrogen (secondary N) is 1. The van der Waals surface area contributed by atoms with Gasteiger partial charge in [0.2, 0.25) is 0 Å². The van der Waals surface area contributed by atoms with Gasteiger partial charge < -0.3 is 10.4 Å². The van der Waals surface area contributed by atoms with Crippen LogP contribution in [-0.4, -0.2) is 21.0 Å². The molecule has 0 aliphatic carbocycles. The Balaban J connectivity index is 2.31. The number of hydrogen-bond acceptors (Lipinski definition) is 5. The highest BCUT2D eigenvalue weighted by molar-refractivity contribution is 7.13. The van der Waals surface area contributed by atoms with Gasteiger partial charge in [0, 0.05) is 17.3 Å². The largest absolute Gasteiger partial charge is 0.478 e. The number of hydrogen-bond donors (Lipinski definition) is 2. The van der Waals surface area contributed by atoms with Crippen molar-refractivity contribution in [3.8, 4) is 0 Å². The molecule has 0 fully saturated rings. The second-order valence-corrected chi connectivity index (χ2v) is 5.39. The van der Waals surface area contributed by atoms with Crippen molar-refractivity contribution in [3.05, 3.63) is 34.6 Å². The minimum atomic E-state index is -1.00. The van der Waals surface area contributed by atoms with Crippen LogP contribution < -0.4 is 5.32 Å². The summed E-state index contributed by atoms with van der Waals surface area (Å²) in [6.07, 6.45) is 1.36. The average Bonchev–Trinajstić information content (AvgIpc) is 2.77. The van der Waals surface area contributed by atoms with Crippen molar-refractivity contribution < 1.29 is 9.90 Å². The first kappa shape index (κ1) is 13.5. The molecule has 0 atom stereocenters. The molecule has 2 rings (SSSR count). The molecule has 5 nitrogen and oxygen atoms in total. The highest BCUT2D eigenvalue weighted by Gasteiger charge is 2.13. The summed E-state index contributed by atoms with van der Waals surface area (Å²) in [5, 5.41) is 14.9. The zero-order chi connectivity index (χ0) is 14.0. The lowest BCUT2D eigenvalue weighted by Crippen LogP contribution is -2.04. The van der Waals surface area contributed by atoms with Crippen LogP contribution in [0.4, 0.5) is 10.8 Å². The predicted octanol–water partition coefficient (Wildman–Crippen LogP) is 3.41. The Morgan fingerprint density at radius 2 is 2.21 bits per heavy atom. The summed E-state index contributed by atoms with van der Waals surface area (Å²) >= 11 is 1.46. The molecule has 0 spiro atoms. The van der Waals surface area contributed by atoms with E-state index < -0.39 is 5.97 Å². The molecule has 0 amide bonds. The molecule has 0 unspecified atom stereocenters. The van der Waals surface area contributed by atoms with Crippen molar-refractivity contribution in [2.45, 2.75) is 26.7 Å². The van der Waals surface area contributed by atoms with E-state index in [1.165, 1.54) is 17.5 Å². The molecule has 2 aromatic rings. The summed E-state index contributed by atoms with van der Waals surface area (Å²) in [7, 11) is 0. The highest BCUT2D eigenvalue weighted by Crippen LogP contribution is 2.26. The Labute approximate surface area is 115 Å². The summed E-state index contributed by atoms with van der Waals surface area (Å²) in [5.41, 5.74) is 2.42. The number of aryl methyl sites for hydroxylation is 1. The minimum absolute atomic E-state index is 0.145. The molecule has 100 valence electrons. The number of carbonyl (C=O) groups is 1. The number of pyridine rings is 1. The summed E-state index contributed by atoms with van der Waals surface area (Å²) in [5.74, 6) is -0.652. The van der Waals surface area contributed by atoms with E-state index in [1.54, 1.807) is 6.07 Å². The first-order chi connectivity index (χ1) is 8.97. The van der Waals surface area contributed by atoms with E-state index in [2.05, 4.69) is 29.1 Å². The number of nitrogens with zero attached hydrogens (tertiary/aromatic N) is 2. The van der Waals surface area contributed by atoms with Gasteiger partial charge in [0.25, 0.3) is 0 Å². The predicted molar refractivity (Wildman–Crippen MR) is 75.4 cm³/mol. The van der Waals surface area contributed by atoms with E-state index >= 15 is 0 Å². The van der Waals surface area contributed by atoms with Gasteiger partial charge in [-0.2, -0.15) is 0 Å². The first-order valence-corrected chi connectivity index (χ1v) is 6.77. The number of aromatic carboxylic acids is 1. The van der Waals surface area contributed by atoms with Crippen molar-refractivity contribution in [2.24, 2.45) is 0 Å². The van der Waals surface area contributed by atoms with Gasteiger partial charge in [-0.05, 0) is 18.9 Å². The molecule has 2 heterocycles. The smallest absolute Gasteiger partial charge is 0.339 e. The Hall–Kier alpha value is -1.95. The quantitative estimate of drug-likeness (QED) is 0.895. The lowest BCUT2D eigenvalue weighted by Gasteiger charge is -2.07. The summed E-state index contributed by atoms with van der Waals surface area (Å²) in [6, 6.07) is 1.71. The second-order valence-electron chi connectivity index (χ2n) is 4.53. The number of thiazole rings is 1. The fraction of sp³-hybridized carbons (Fsp3) is 0.308. The van der Waals surface area contributed by atoms with E-state index in [1.807, 2.05) is 12.3 Å². The standard InChI is InChI=1S/C13H15N3O2S/c1-7(2)11-6-19-13(16-11)15-10-4-8(3)14-5-9(10)12(17)18/h4-7H,1-3H3,(H,17,18)(H,14,15,16). The van der Waals surface area contributed by atoms with E-state index in [4.69, 9.17) is 5.11 Å². The first-order valence-electron chi connectivity index (χ1n) is 5.89. The Kier molecular flexibility index (Phi) is 3.80. The van der Waals surface area contributed by atoms with E-state index in [0.717, 1.165) is 11.4 Å². The van der Waals surface area contributed by atoms with Gasteiger partial charge in [-0.25, -0.2) is 9.78 Å². The molecule has 0 saturated carbocycles. The third kappa shape index (κ3) is 3.08. The zero-order valence-electron chi connectivity index (χ0n) is 11.0. The maximum Gasteiger partial charge on any atom is 0.339 e. The van der Waals surface area contributed by atoms with Crippen LogP contribution in [-0.2, 0) is 0 Å². The van der Waals surface area contributed by atoms with Crippen molar-refractivity contribution in [1.82, 2.24) is 9.97 Å². The molecule has 0 aliphatic heterocycles. The maximum absolute atomic E-state index is 11.1. The molecule has 0 radical (unpaired) electrons. The number of rotatable bonds is 4. The van der Waals surface area contributed by atoms with Crippen LogP contribution in [0, 0.1) is 6.92 Å². The third-order valence-electron chi connectivity index (χ3n) is 2.63.